The van der Waals surface area contributed by atoms with Gasteiger partial charge in [0, 0.05) is 31.9 Å². The summed E-state index contributed by atoms with van der Waals surface area (Å²) in [5.41, 5.74) is 6.49. The fraction of sp³-hybridized carbons (Fsp3) is 0.571. The lowest BCUT2D eigenvalue weighted by Crippen LogP contribution is -2.46. The zero-order valence-electron chi connectivity index (χ0n) is 10.8. The molecule has 0 amide bonds. The van der Waals surface area contributed by atoms with E-state index in [2.05, 4.69) is 9.80 Å². The molecule has 0 bridgehead atoms. The Kier molecular flexibility index (Phi) is 4.96. The van der Waals surface area contributed by atoms with Crippen LogP contribution < -0.4 is 10.6 Å². The van der Waals surface area contributed by atoms with Crippen LogP contribution in [0.3, 0.4) is 0 Å². The molecule has 1 aliphatic heterocycles. The molecular formula is C14H22FN3. The first-order valence-corrected chi connectivity index (χ1v) is 6.72. The lowest BCUT2D eigenvalue weighted by Gasteiger charge is -2.36. The van der Waals surface area contributed by atoms with E-state index in [0.29, 0.717) is 0 Å². The average Bonchev–Trinajstić information content (AvgIpc) is 2.40. The van der Waals surface area contributed by atoms with E-state index in [4.69, 9.17) is 5.73 Å². The summed E-state index contributed by atoms with van der Waals surface area (Å²) in [5, 5.41) is 0. The molecule has 0 spiro atoms. The van der Waals surface area contributed by atoms with Gasteiger partial charge in [-0.2, -0.15) is 0 Å². The first kappa shape index (κ1) is 13.3. The van der Waals surface area contributed by atoms with E-state index in [0.717, 1.165) is 51.4 Å². The molecule has 3 nitrogen and oxygen atoms in total. The molecule has 0 aliphatic carbocycles. The summed E-state index contributed by atoms with van der Waals surface area (Å²) in [7, 11) is 0. The Balaban J connectivity index is 1.79. The summed E-state index contributed by atoms with van der Waals surface area (Å²) in [5.74, 6) is -0.155. The number of piperazine rings is 1. The zero-order chi connectivity index (χ0) is 12.8. The van der Waals surface area contributed by atoms with Crippen LogP contribution in [0, 0.1) is 5.82 Å². The molecule has 2 N–H and O–H groups in total. The number of hydrogen-bond donors (Lipinski definition) is 1. The number of unbranched alkanes of at least 4 members (excludes halogenated alkanes) is 1. The summed E-state index contributed by atoms with van der Waals surface area (Å²) in [4.78, 5) is 4.72. The topological polar surface area (TPSA) is 32.5 Å². The second kappa shape index (κ2) is 6.71. The van der Waals surface area contributed by atoms with Gasteiger partial charge in [0.15, 0.2) is 0 Å². The highest BCUT2D eigenvalue weighted by atomic mass is 19.1. The van der Waals surface area contributed by atoms with Crippen molar-refractivity contribution in [2.75, 3.05) is 44.2 Å². The van der Waals surface area contributed by atoms with E-state index in [1.807, 2.05) is 6.07 Å². The lowest BCUT2D eigenvalue weighted by molar-refractivity contribution is 0.253. The average molecular weight is 251 g/mol. The molecule has 1 aromatic rings. The van der Waals surface area contributed by atoms with Gasteiger partial charge in [0.2, 0.25) is 0 Å². The summed E-state index contributed by atoms with van der Waals surface area (Å²) in [6.45, 7) is 5.98. The summed E-state index contributed by atoms with van der Waals surface area (Å²) >= 11 is 0. The van der Waals surface area contributed by atoms with Crippen LogP contribution in [-0.2, 0) is 0 Å². The van der Waals surface area contributed by atoms with Crippen LogP contribution in [0.2, 0.25) is 0 Å². The Morgan fingerprint density at radius 3 is 2.56 bits per heavy atom. The highest BCUT2D eigenvalue weighted by molar-refractivity contribution is 5.46. The first-order valence-electron chi connectivity index (χ1n) is 6.72. The van der Waals surface area contributed by atoms with Gasteiger partial charge in [-0.15, -0.1) is 0 Å². The van der Waals surface area contributed by atoms with Crippen LogP contribution >= 0.6 is 0 Å². The third kappa shape index (κ3) is 3.68. The number of nitrogens with two attached hydrogens (primary N) is 1. The number of nitrogens with zero attached hydrogens (tertiary/aromatic N) is 2. The van der Waals surface area contributed by atoms with Crippen molar-refractivity contribution in [3.63, 3.8) is 0 Å². The number of rotatable bonds is 5. The summed E-state index contributed by atoms with van der Waals surface area (Å²) < 4.78 is 13.2. The van der Waals surface area contributed by atoms with Gasteiger partial charge < -0.3 is 10.6 Å². The number of benzene rings is 1. The Morgan fingerprint density at radius 1 is 1.11 bits per heavy atom. The van der Waals surface area contributed by atoms with Crippen LogP contribution in [0.15, 0.2) is 24.3 Å². The molecule has 1 aromatic carbocycles. The maximum atomic E-state index is 13.2. The van der Waals surface area contributed by atoms with E-state index >= 15 is 0 Å². The molecule has 1 heterocycles. The van der Waals surface area contributed by atoms with Crippen LogP contribution in [0.1, 0.15) is 12.8 Å². The normalized spacial score (nSPS) is 17.1. The van der Waals surface area contributed by atoms with E-state index in [9.17, 15) is 4.39 Å². The van der Waals surface area contributed by atoms with Crippen LogP contribution in [0.25, 0.3) is 0 Å². The molecular weight excluding hydrogens is 229 g/mol. The Bertz CT molecular complexity index is 362. The minimum absolute atomic E-state index is 0.155. The Labute approximate surface area is 108 Å². The molecule has 1 fully saturated rings. The molecule has 2 rings (SSSR count). The minimum atomic E-state index is -0.155. The van der Waals surface area contributed by atoms with Crippen LogP contribution in [0.5, 0.6) is 0 Å². The summed E-state index contributed by atoms with van der Waals surface area (Å²) in [6.07, 6.45) is 2.28. The maximum absolute atomic E-state index is 13.2. The van der Waals surface area contributed by atoms with Crippen molar-refractivity contribution in [1.82, 2.24) is 4.90 Å². The predicted octanol–water partition coefficient (Wildman–Crippen LogP) is 1.69. The second-order valence-electron chi connectivity index (χ2n) is 4.80. The monoisotopic (exact) mass is 251 g/mol. The molecule has 0 saturated carbocycles. The number of anilines is 1. The second-order valence-corrected chi connectivity index (χ2v) is 4.80. The van der Waals surface area contributed by atoms with Gasteiger partial charge in [-0.25, -0.2) is 4.39 Å². The van der Waals surface area contributed by atoms with Gasteiger partial charge in [0.25, 0.3) is 0 Å². The summed E-state index contributed by atoms with van der Waals surface area (Å²) in [6, 6.07) is 6.86. The standard InChI is InChI=1S/C14H22FN3/c15-13-4-3-5-14(12-13)18-10-8-17(9-11-18)7-2-1-6-16/h3-5,12H,1-2,6-11,16H2. The van der Waals surface area contributed by atoms with Gasteiger partial charge in [0.05, 0.1) is 0 Å². The smallest absolute Gasteiger partial charge is 0.125 e. The molecule has 100 valence electrons. The van der Waals surface area contributed by atoms with Gasteiger partial charge in [0.1, 0.15) is 5.82 Å². The van der Waals surface area contributed by atoms with Gasteiger partial charge in [-0.05, 0) is 44.1 Å². The van der Waals surface area contributed by atoms with Crippen molar-refractivity contribution in [2.45, 2.75) is 12.8 Å². The van der Waals surface area contributed by atoms with Crippen molar-refractivity contribution in [3.8, 4) is 0 Å². The van der Waals surface area contributed by atoms with Crippen LogP contribution in [-0.4, -0.2) is 44.2 Å². The molecule has 0 radical (unpaired) electrons. The molecule has 1 saturated heterocycles. The first-order chi connectivity index (χ1) is 8.79. The van der Waals surface area contributed by atoms with Gasteiger partial charge in [-0.1, -0.05) is 6.07 Å². The predicted molar refractivity (Wildman–Crippen MR) is 73.3 cm³/mol. The lowest BCUT2D eigenvalue weighted by atomic mass is 10.2. The third-order valence-corrected chi connectivity index (χ3v) is 3.47. The molecule has 1 aliphatic rings. The Morgan fingerprint density at radius 2 is 1.89 bits per heavy atom. The quantitative estimate of drug-likeness (QED) is 0.808. The Hall–Kier alpha value is -1.13. The van der Waals surface area contributed by atoms with Gasteiger partial charge in [-0.3, -0.25) is 4.90 Å². The van der Waals surface area contributed by atoms with Crippen LogP contribution in [0.4, 0.5) is 10.1 Å². The third-order valence-electron chi connectivity index (χ3n) is 3.47. The SMILES string of the molecule is NCCCCN1CCN(c2cccc(F)c2)CC1. The van der Waals surface area contributed by atoms with Crippen molar-refractivity contribution in [2.24, 2.45) is 5.73 Å². The van der Waals surface area contributed by atoms with E-state index in [-0.39, 0.29) is 5.82 Å². The fourth-order valence-electron chi connectivity index (χ4n) is 2.38. The molecule has 0 atom stereocenters. The van der Waals surface area contributed by atoms with E-state index in [1.54, 1.807) is 12.1 Å². The largest absolute Gasteiger partial charge is 0.369 e. The van der Waals surface area contributed by atoms with E-state index in [1.165, 1.54) is 12.5 Å². The van der Waals surface area contributed by atoms with E-state index < -0.39 is 0 Å². The minimum Gasteiger partial charge on any atom is -0.369 e. The molecule has 0 aromatic heterocycles. The molecule has 4 heteroatoms. The van der Waals surface area contributed by atoms with Crippen molar-refractivity contribution in [1.29, 1.82) is 0 Å². The molecule has 18 heavy (non-hydrogen) atoms. The highest BCUT2D eigenvalue weighted by Gasteiger charge is 2.16. The zero-order valence-corrected chi connectivity index (χ0v) is 10.8. The van der Waals surface area contributed by atoms with Crippen molar-refractivity contribution >= 4 is 5.69 Å². The fourth-order valence-corrected chi connectivity index (χ4v) is 2.38. The van der Waals surface area contributed by atoms with Crippen molar-refractivity contribution < 1.29 is 4.39 Å². The number of halogens is 1. The molecule has 0 unspecified atom stereocenters. The maximum Gasteiger partial charge on any atom is 0.125 e. The van der Waals surface area contributed by atoms with Gasteiger partial charge >= 0.3 is 0 Å². The highest BCUT2D eigenvalue weighted by Crippen LogP contribution is 2.17. The van der Waals surface area contributed by atoms with Crippen molar-refractivity contribution in [3.05, 3.63) is 30.1 Å². The number of hydrogen-bond acceptors (Lipinski definition) is 3.